The molecule has 0 aromatic heterocycles. The molecular formula is C42H48N4O7. The molecule has 5 atom stereocenters. The maximum atomic E-state index is 12.9. The van der Waals surface area contributed by atoms with Gasteiger partial charge in [0.25, 0.3) is 0 Å². The Morgan fingerprint density at radius 1 is 1.11 bits per heavy atom. The number of ketones is 1. The second kappa shape index (κ2) is 15.4. The predicted octanol–water partition coefficient (Wildman–Crippen LogP) is 4.18. The number of aryl methyl sites for hydroxylation is 1. The molecule has 5 aliphatic rings. The number of hydrogen-bond donors (Lipinski definition) is 6. The van der Waals surface area contributed by atoms with Gasteiger partial charge in [-0.2, -0.15) is 0 Å². The summed E-state index contributed by atoms with van der Waals surface area (Å²) in [6.45, 7) is 2.42. The van der Waals surface area contributed by atoms with Crippen molar-refractivity contribution in [2.75, 3.05) is 6.54 Å². The van der Waals surface area contributed by atoms with E-state index in [0.717, 1.165) is 60.1 Å². The van der Waals surface area contributed by atoms with E-state index in [1.54, 1.807) is 6.07 Å². The molecule has 1 saturated carbocycles. The van der Waals surface area contributed by atoms with Crippen LogP contribution in [0.2, 0.25) is 0 Å². The molecule has 0 saturated heterocycles. The largest absolute Gasteiger partial charge is 0.508 e. The first kappa shape index (κ1) is 36.7. The smallest absolute Gasteiger partial charge is 0.187 e. The number of fused-ring (bicyclic) bond motifs is 6. The lowest BCUT2D eigenvalue weighted by Crippen LogP contribution is -2.47. The highest BCUT2D eigenvalue weighted by atomic mass is 16.5. The number of aliphatic hydroxyl groups excluding tert-OH is 3. The lowest BCUT2D eigenvalue weighted by molar-refractivity contribution is -0.121. The van der Waals surface area contributed by atoms with Crippen molar-refractivity contribution in [2.45, 2.75) is 108 Å². The van der Waals surface area contributed by atoms with Crippen molar-refractivity contribution < 1.29 is 34.7 Å². The summed E-state index contributed by atoms with van der Waals surface area (Å²) in [5.74, 6) is 9.93. The minimum absolute atomic E-state index is 0.0618. The van der Waals surface area contributed by atoms with Crippen LogP contribution >= 0.6 is 0 Å². The van der Waals surface area contributed by atoms with Crippen molar-refractivity contribution in [1.82, 2.24) is 4.90 Å². The van der Waals surface area contributed by atoms with Gasteiger partial charge in [-0.05, 0) is 66.0 Å². The van der Waals surface area contributed by atoms with Crippen molar-refractivity contribution in [3.05, 3.63) is 76.1 Å². The summed E-state index contributed by atoms with van der Waals surface area (Å²) >= 11 is 0. The molecule has 4 heterocycles. The first-order chi connectivity index (χ1) is 25.5. The second-order valence-electron chi connectivity index (χ2n) is 15.0. The highest BCUT2D eigenvalue weighted by Gasteiger charge is 2.48. The van der Waals surface area contributed by atoms with Crippen molar-refractivity contribution in [2.24, 2.45) is 27.8 Å². The molecule has 0 amide bonds. The number of hydrogen-bond acceptors (Lipinski definition) is 11. The normalized spacial score (nSPS) is 23.3. The number of allylic oxidation sites excluding steroid dienone is 1. The average Bonchev–Trinajstić information content (AvgIpc) is 3.86. The minimum Gasteiger partial charge on any atom is -0.508 e. The number of phenolic OH excluding ortho intramolecular Hbond substituents is 1. The van der Waals surface area contributed by atoms with Gasteiger partial charge < -0.3 is 46.3 Å². The van der Waals surface area contributed by atoms with Crippen LogP contribution in [0.25, 0.3) is 0 Å². The van der Waals surface area contributed by atoms with E-state index in [0.29, 0.717) is 36.3 Å². The fraction of sp³-hybridized carbons (Fsp3) is 0.476. The summed E-state index contributed by atoms with van der Waals surface area (Å²) in [6.07, 6.45) is 8.49. The van der Waals surface area contributed by atoms with Gasteiger partial charge in [0.15, 0.2) is 17.7 Å². The number of ether oxygens (including phenoxy) is 2. The number of aromatic hydroxyl groups is 1. The predicted molar refractivity (Wildman–Crippen MR) is 199 cm³/mol. The van der Waals surface area contributed by atoms with Gasteiger partial charge in [-0.1, -0.05) is 62.1 Å². The number of nitrogens with zero attached hydrogens (tertiary/aromatic N) is 2. The Morgan fingerprint density at radius 3 is 2.70 bits per heavy atom. The van der Waals surface area contributed by atoms with Crippen LogP contribution in [0.15, 0.2) is 58.9 Å². The van der Waals surface area contributed by atoms with E-state index in [2.05, 4.69) is 35.0 Å². The van der Waals surface area contributed by atoms with Gasteiger partial charge in [-0.15, -0.1) is 0 Å². The third-order valence-electron chi connectivity index (χ3n) is 11.1. The van der Waals surface area contributed by atoms with E-state index in [4.69, 9.17) is 25.9 Å². The maximum absolute atomic E-state index is 12.9. The van der Waals surface area contributed by atoms with Crippen LogP contribution in [-0.2, 0) is 17.6 Å². The van der Waals surface area contributed by atoms with Crippen LogP contribution in [0.4, 0.5) is 0 Å². The number of rotatable bonds is 10. The molecule has 53 heavy (non-hydrogen) atoms. The molecule has 8 N–H and O–H groups in total. The molecule has 5 unspecified atom stereocenters. The van der Waals surface area contributed by atoms with Gasteiger partial charge >= 0.3 is 0 Å². The zero-order valence-corrected chi connectivity index (χ0v) is 30.1. The minimum atomic E-state index is -1.10. The second-order valence-corrected chi connectivity index (χ2v) is 15.0. The van der Waals surface area contributed by atoms with Gasteiger partial charge in [0.2, 0.25) is 0 Å². The van der Waals surface area contributed by atoms with Crippen LogP contribution in [0, 0.1) is 35.2 Å². The van der Waals surface area contributed by atoms with Gasteiger partial charge in [-0.3, -0.25) is 9.79 Å². The summed E-state index contributed by atoms with van der Waals surface area (Å²) in [5, 5.41) is 43.1. The molecule has 1 aliphatic carbocycles. The number of aliphatic imine (C=N–C) groups is 1. The molecule has 1 spiro atoms. The zero-order valence-electron chi connectivity index (χ0n) is 30.1. The summed E-state index contributed by atoms with van der Waals surface area (Å²) in [5.41, 5.74) is 17.1. The maximum Gasteiger partial charge on any atom is 0.187 e. The van der Waals surface area contributed by atoms with Crippen LogP contribution in [0.3, 0.4) is 0 Å². The standard InChI is InChI=1S/C42H48N4O7/c1-2-5-29(47)19-31(49)20-30(48)8-6-25-18-39-38(21-37(25)51)52-15-14-42(12-3-4-13-42)34-10-11-36(50)32-9-7-26(40(43)44)16-27(32)17-28-22-45-35-24-46(23-33(28)35)41(34)53-39/h7,9,16,18,21-23,29,31,34,36,40-41,47,49-51H,2-6,8,12-13,17,19-20,24,43-44H2,1H3. The quantitative estimate of drug-likeness (QED) is 0.154. The van der Waals surface area contributed by atoms with Crippen molar-refractivity contribution in [3.63, 3.8) is 0 Å². The third-order valence-corrected chi connectivity index (χ3v) is 11.1. The van der Waals surface area contributed by atoms with E-state index >= 15 is 0 Å². The molecule has 278 valence electrons. The van der Waals surface area contributed by atoms with Gasteiger partial charge in [0, 0.05) is 43.3 Å². The monoisotopic (exact) mass is 720 g/mol. The fourth-order valence-electron chi connectivity index (χ4n) is 8.25. The Balaban J connectivity index is 1.24. The molecule has 11 heteroatoms. The molecule has 7 rings (SSSR count). The molecule has 11 nitrogen and oxygen atoms in total. The van der Waals surface area contributed by atoms with E-state index in [-0.39, 0.29) is 43.0 Å². The zero-order chi connectivity index (χ0) is 37.3. The summed E-state index contributed by atoms with van der Waals surface area (Å²) < 4.78 is 13.0. The molecule has 4 aliphatic heterocycles. The molecule has 1 fully saturated rings. The summed E-state index contributed by atoms with van der Waals surface area (Å²) in [7, 11) is 0. The van der Waals surface area contributed by atoms with Crippen LogP contribution in [-0.4, -0.2) is 61.8 Å². The summed E-state index contributed by atoms with van der Waals surface area (Å²) in [4.78, 5) is 19.7. The molecule has 2 aromatic rings. The number of carbonyl (C=O) groups excluding carboxylic acids is 1. The Morgan fingerprint density at radius 2 is 1.92 bits per heavy atom. The molecule has 2 aromatic carbocycles. The number of phenols is 1. The van der Waals surface area contributed by atoms with Crippen LogP contribution in [0.1, 0.15) is 99.2 Å². The van der Waals surface area contributed by atoms with Crippen LogP contribution < -0.4 is 20.9 Å². The molecule has 0 radical (unpaired) electrons. The molecule has 2 bridgehead atoms. The first-order valence-corrected chi connectivity index (χ1v) is 18.7. The van der Waals surface area contributed by atoms with Gasteiger partial charge in [-0.25, -0.2) is 0 Å². The third kappa shape index (κ3) is 7.73. The topological polar surface area (TPSA) is 184 Å². The number of benzene rings is 2. The average molecular weight is 721 g/mol. The number of Topliss-reactive ketones (excluding diaryl/α,β-unsaturated/α-hetero) is 1. The fourth-order valence-corrected chi connectivity index (χ4v) is 8.25. The Kier molecular flexibility index (Phi) is 10.7. The van der Waals surface area contributed by atoms with Crippen molar-refractivity contribution in [3.8, 4) is 41.1 Å². The van der Waals surface area contributed by atoms with Gasteiger partial charge in [0.05, 0.1) is 42.0 Å². The lowest BCUT2D eigenvalue weighted by Gasteiger charge is -2.39. The summed E-state index contributed by atoms with van der Waals surface area (Å²) in [6, 6.07) is 8.76. The van der Waals surface area contributed by atoms with E-state index < -0.39 is 42.0 Å². The highest BCUT2D eigenvalue weighted by molar-refractivity contribution is 6.09. The van der Waals surface area contributed by atoms with E-state index in [1.165, 1.54) is 6.07 Å². The number of nitrogens with two attached hydrogens (primary N) is 2. The van der Waals surface area contributed by atoms with Gasteiger partial charge in [0.1, 0.15) is 23.7 Å². The Labute approximate surface area is 310 Å². The number of aliphatic hydroxyl groups is 3. The SMILES string of the molecule is CCCC(O)CC(O)CC(=O)CCc1cc2c(cc1O)OC#CC1(CCCC1)C1C#CC(O)c3ccc(C(N)N)cc3CC3=CN=C4CN(C=C34)C1O2. The molecular weight excluding hydrogens is 672 g/mol. The highest BCUT2D eigenvalue weighted by Crippen LogP contribution is 2.49. The number of carbonyl (C=O) groups is 1. The Hall–Kier alpha value is -4.62. The van der Waals surface area contributed by atoms with Crippen LogP contribution in [0.5, 0.6) is 17.2 Å². The lowest BCUT2D eigenvalue weighted by atomic mass is 9.73. The van der Waals surface area contributed by atoms with Crippen molar-refractivity contribution >= 4 is 11.5 Å². The Bertz CT molecular complexity index is 1970. The van der Waals surface area contributed by atoms with Crippen molar-refractivity contribution in [1.29, 1.82) is 0 Å². The van der Waals surface area contributed by atoms with E-state index in [1.807, 2.05) is 31.3 Å². The van der Waals surface area contributed by atoms with E-state index in [9.17, 15) is 25.2 Å². The first-order valence-electron chi connectivity index (χ1n) is 18.7.